The van der Waals surface area contributed by atoms with Crippen LogP contribution in [0.4, 0.5) is 34.1 Å². The molecule has 4 nitrogen and oxygen atoms in total. The average molecular weight is 651 g/mol. The monoisotopic (exact) mass is 650 g/mol. The Labute approximate surface area is 293 Å². The van der Waals surface area contributed by atoms with Crippen molar-refractivity contribution in [2.24, 2.45) is 0 Å². The molecule has 0 saturated heterocycles. The summed E-state index contributed by atoms with van der Waals surface area (Å²) in [5.41, 5.74) is 14.5. The molecule has 5 heteroatoms. The molecule has 0 unspecified atom stereocenters. The lowest BCUT2D eigenvalue weighted by Gasteiger charge is -2.44. The molecule has 236 valence electrons. The summed E-state index contributed by atoms with van der Waals surface area (Å²) in [6, 6.07) is 59.0. The van der Waals surface area contributed by atoms with Crippen LogP contribution in [0.5, 0.6) is 0 Å². The predicted octanol–water partition coefficient (Wildman–Crippen LogP) is 10.7. The van der Waals surface area contributed by atoms with Gasteiger partial charge in [-0.1, -0.05) is 84.9 Å². The third kappa shape index (κ3) is 3.70. The van der Waals surface area contributed by atoms with E-state index in [1.165, 1.54) is 49.9 Å². The zero-order valence-corrected chi connectivity index (χ0v) is 27.4. The molecule has 0 N–H and O–H groups in total. The molecular formula is C46H27BN2O2. The van der Waals surface area contributed by atoms with Gasteiger partial charge in [0.1, 0.15) is 22.3 Å². The molecule has 8 aromatic carbocycles. The van der Waals surface area contributed by atoms with Gasteiger partial charge in [-0.25, -0.2) is 0 Å². The Morgan fingerprint density at radius 1 is 0.353 bits per heavy atom. The maximum atomic E-state index is 6.43. The maximum Gasteiger partial charge on any atom is 0.252 e. The molecule has 0 radical (unpaired) electrons. The highest BCUT2D eigenvalue weighted by Gasteiger charge is 2.42. The van der Waals surface area contributed by atoms with E-state index in [4.69, 9.17) is 8.83 Å². The molecule has 2 aliphatic heterocycles. The van der Waals surface area contributed by atoms with Crippen LogP contribution in [0.15, 0.2) is 173 Å². The minimum absolute atomic E-state index is 0.0828. The van der Waals surface area contributed by atoms with Crippen molar-refractivity contribution < 1.29 is 8.83 Å². The molecule has 0 atom stereocenters. The first-order valence-electron chi connectivity index (χ1n) is 17.5. The summed E-state index contributed by atoms with van der Waals surface area (Å²) in [5.74, 6) is 0. The zero-order valence-electron chi connectivity index (χ0n) is 27.4. The number of anilines is 6. The zero-order chi connectivity index (χ0) is 33.2. The first-order valence-corrected chi connectivity index (χ1v) is 17.5. The van der Waals surface area contributed by atoms with Gasteiger partial charge in [0.05, 0.1) is 0 Å². The number of para-hydroxylation sites is 3. The van der Waals surface area contributed by atoms with E-state index in [2.05, 4.69) is 161 Å². The fourth-order valence-electron chi connectivity index (χ4n) is 8.83. The summed E-state index contributed by atoms with van der Waals surface area (Å²) in [7, 11) is 0. The van der Waals surface area contributed by atoms with Gasteiger partial charge >= 0.3 is 0 Å². The van der Waals surface area contributed by atoms with Gasteiger partial charge in [-0.15, -0.1) is 0 Å². The highest BCUT2D eigenvalue weighted by atomic mass is 16.3. The highest BCUT2D eigenvalue weighted by Crippen LogP contribution is 2.46. The van der Waals surface area contributed by atoms with E-state index in [1.807, 2.05) is 12.1 Å². The van der Waals surface area contributed by atoms with Crippen LogP contribution in [-0.4, -0.2) is 6.71 Å². The fraction of sp³-hybridized carbons (Fsp3) is 0. The van der Waals surface area contributed by atoms with Crippen molar-refractivity contribution >= 4 is 112 Å². The molecule has 0 aliphatic carbocycles. The Bertz CT molecular complexity index is 3080. The lowest BCUT2D eigenvalue weighted by Crippen LogP contribution is -2.61. The Morgan fingerprint density at radius 2 is 0.843 bits per heavy atom. The van der Waals surface area contributed by atoms with Gasteiger partial charge in [-0.2, -0.15) is 0 Å². The van der Waals surface area contributed by atoms with E-state index >= 15 is 0 Å². The Morgan fingerprint density at radius 3 is 1.53 bits per heavy atom. The van der Waals surface area contributed by atoms with Crippen molar-refractivity contribution in [1.82, 2.24) is 0 Å². The molecule has 10 aromatic rings. The van der Waals surface area contributed by atoms with Crippen molar-refractivity contribution in [2.45, 2.75) is 0 Å². The molecular weight excluding hydrogens is 623 g/mol. The minimum Gasteiger partial charge on any atom is -0.456 e. The third-order valence-corrected chi connectivity index (χ3v) is 11.0. The number of hydrogen-bond acceptors (Lipinski definition) is 4. The van der Waals surface area contributed by atoms with Gasteiger partial charge in [0.15, 0.2) is 0 Å². The van der Waals surface area contributed by atoms with Gasteiger partial charge in [-0.05, 0) is 106 Å². The summed E-state index contributed by atoms with van der Waals surface area (Å²) >= 11 is 0. The second-order valence-corrected chi connectivity index (χ2v) is 13.7. The van der Waals surface area contributed by atoms with E-state index in [0.717, 1.165) is 55.3 Å². The fourth-order valence-corrected chi connectivity index (χ4v) is 8.83. The Hall–Kier alpha value is -6.72. The van der Waals surface area contributed by atoms with Gasteiger partial charge in [0, 0.05) is 55.7 Å². The van der Waals surface area contributed by atoms with Gasteiger partial charge in [0.2, 0.25) is 0 Å². The number of furan rings is 2. The molecule has 0 saturated carbocycles. The summed E-state index contributed by atoms with van der Waals surface area (Å²) in [6.07, 6.45) is 0. The summed E-state index contributed by atoms with van der Waals surface area (Å²) < 4.78 is 12.7. The third-order valence-electron chi connectivity index (χ3n) is 11.0. The van der Waals surface area contributed by atoms with E-state index in [0.29, 0.717) is 0 Å². The van der Waals surface area contributed by atoms with Gasteiger partial charge in [0.25, 0.3) is 6.71 Å². The van der Waals surface area contributed by atoms with Gasteiger partial charge in [-0.3, -0.25) is 0 Å². The second-order valence-electron chi connectivity index (χ2n) is 13.7. The van der Waals surface area contributed by atoms with Crippen LogP contribution in [0.3, 0.4) is 0 Å². The van der Waals surface area contributed by atoms with Crippen LogP contribution in [0.1, 0.15) is 0 Å². The molecule has 0 amide bonds. The maximum absolute atomic E-state index is 6.43. The topological polar surface area (TPSA) is 32.8 Å². The summed E-state index contributed by atoms with van der Waals surface area (Å²) in [5, 5.41) is 6.88. The van der Waals surface area contributed by atoms with E-state index in [-0.39, 0.29) is 6.71 Å². The average Bonchev–Trinajstić information content (AvgIpc) is 3.74. The lowest BCUT2D eigenvalue weighted by atomic mass is 9.33. The molecule has 0 spiro atoms. The number of benzene rings is 8. The van der Waals surface area contributed by atoms with Crippen LogP contribution in [-0.2, 0) is 0 Å². The van der Waals surface area contributed by atoms with E-state index < -0.39 is 0 Å². The first kappa shape index (κ1) is 27.1. The van der Waals surface area contributed by atoms with Crippen molar-refractivity contribution in [3.8, 4) is 0 Å². The Kier molecular flexibility index (Phi) is 5.29. The molecule has 0 bridgehead atoms. The molecule has 4 heterocycles. The van der Waals surface area contributed by atoms with Crippen molar-refractivity contribution in [3.05, 3.63) is 164 Å². The Balaban J connectivity index is 1.11. The largest absolute Gasteiger partial charge is 0.456 e. The minimum atomic E-state index is 0.0828. The molecule has 12 rings (SSSR count). The standard InChI is InChI=1S/C46H27BN2O2/c1-2-11-29-25-45-33(24-28(29)10-1)35-27-31(21-23-44(35)51-45)49-39-16-7-5-14-37(39)47-36-13-4-6-15-38(36)48(40-17-9-18-41(49)46(40)47)30-20-22-43-34(26-30)32-12-3-8-19-42(32)50-43/h1-27H. The highest BCUT2D eigenvalue weighted by molar-refractivity contribution is 7.00. The second kappa shape index (κ2) is 9.93. The van der Waals surface area contributed by atoms with Crippen LogP contribution < -0.4 is 26.2 Å². The van der Waals surface area contributed by atoms with E-state index in [9.17, 15) is 0 Å². The van der Waals surface area contributed by atoms with E-state index in [1.54, 1.807) is 0 Å². The number of nitrogens with zero attached hydrogens (tertiary/aromatic N) is 2. The molecule has 0 fully saturated rings. The summed E-state index contributed by atoms with van der Waals surface area (Å²) in [4.78, 5) is 4.89. The normalized spacial score (nSPS) is 13.4. The van der Waals surface area contributed by atoms with Gasteiger partial charge < -0.3 is 18.6 Å². The quantitative estimate of drug-likeness (QED) is 0.174. The molecule has 2 aromatic heterocycles. The van der Waals surface area contributed by atoms with Crippen LogP contribution in [0, 0.1) is 0 Å². The van der Waals surface area contributed by atoms with Crippen molar-refractivity contribution in [1.29, 1.82) is 0 Å². The molecule has 51 heavy (non-hydrogen) atoms. The first-order chi connectivity index (χ1) is 25.3. The van der Waals surface area contributed by atoms with Crippen LogP contribution in [0.2, 0.25) is 0 Å². The van der Waals surface area contributed by atoms with Crippen LogP contribution in [0.25, 0.3) is 54.6 Å². The molecule has 2 aliphatic rings. The van der Waals surface area contributed by atoms with Crippen molar-refractivity contribution in [2.75, 3.05) is 9.80 Å². The number of hydrogen-bond donors (Lipinski definition) is 0. The summed E-state index contributed by atoms with van der Waals surface area (Å²) in [6.45, 7) is 0.0828. The van der Waals surface area contributed by atoms with Crippen LogP contribution >= 0.6 is 0 Å². The SMILES string of the molecule is c1ccc2c(c1)B1c3ccccc3N(c3ccc4oc5cc6ccccc6cc5c4c3)c3cccc(c31)N2c1ccc2oc3ccccc3c2c1. The number of rotatable bonds is 2. The van der Waals surface area contributed by atoms with Crippen molar-refractivity contribution in [3.63, 3.8) is 0 Å². The smallest absolute Gasteiger partial charge is 0.252 e. The lowest BCUT2D eigenvalue weighted by molar-refractivity contribution is 0.669. The predicted molar refractivity (Wildman–Crippen MR) is 213 cm³/mol. The number of fused-ring (bicyclic) bond motifs is 11.